The summed E-state index contributed by atoms with van der Waals surface area (Å²) >= 11 is 0. The number of hydrogen-bond donors (Lipinski definition) is 0. The van der Waals surface area contributed by atoms with Gasteiger partial charge in [0.1, 0.15) is 0 Å². The zero-order valence-electron chi connectivity index (χ0n) is 15.2. The van der Waals surface area contributed by atoms with E-state index in [4.69, 9.17) is 9.47 Å². The second kappa shape index (κ2) is 4.97. The summed E-state index contributed by atoms with van der Waals surface area (Å²) in [7, 11) is 0. The van der Waals surface area contributed by atoms with Gasteiger partial charge in [0.05, 0.1) is 11.0 Å². The highest BCUT2D eigenvalue weighted by atomic mass is 16.7. The Balaban J connectivity index is 1.70. The molecule has 4 fully saturated rings. The van der Waals surface area contributed by atoms with Gasteiger partial charge in [-0.25, -0.2) is 0 Å². The van der Waals surface area contributed by atoms with Crippen molar-refractivity contribution in [2.24, 2.45) is 29.1 Å². The van der Waals surface area contributed by atoms with Gasteiger partial charge in [0, 0.05) is 12.3 Å². The zero-order chi connectivity index (χ0) is 16.5. The summed E-state index contributed by atoms with van der Waals surface area (Å²) in [4.78, 5) is 13.3. The summed E-state index contributed by atoms with van der Waals surface area (Å²) < 4.78 is 13.1. The molecule has 0 radical (unpaired) electrons. The van der Waals surface area contributed by atoms with E-state index < -0.39 is 5.79 Å². The van der Waals surface area contributed by atoms with Crippen LogP contribution >= 0.6 is 0 Å². The van der Waals surface area contributed by atoms with E-state index in [-0.39, 0.29) is 17.0 Å². The predicted octanol–water partition coefficient (Wildman–Crippen LogP) is 4.69. The van der Waals surface area contributed by atoms with Crippen molar-refractivity contribution in [1.29, 1.82) is 0 Å². The minimum Gasteiger partial charge on any atom is -0.432 e. The maximum absolute atomic E-state index is 13.3. The quantitative estimate of drug-likeness (QED) is 0.658. The molecule has 130 valence electrons. The van der Waals surface area contributed by atoms with Gasteiger partial charge in [-0.1, -0.05) is 33.6 Å². The highest BCUT2D eigenvalue weighted by molar-refractivity contribution is 5.82. The Labute approximate surface area is 140 Å². The molecule has 0 unspecified atom stereocenters. The van der Waals surface area contributed by atoms with Crippen LogP contribution in [-0.4, -0.2) is 17.4 Å². The highest BCUT2D eigenvalue weighted by Crippen LogP contribution is 2.68. The van der Waals surface area contributed by atoms with Crippen LogP contribution in [0.25, 0.3) is 0 Å². The molecule has 1 heterocycles. The second-order valence-electron chi connectivity index (χ2n) is 9.39. The SMILES string of the molecule is CC(C)[C@@H]1CC[C@@H](C)C[C@]12OC(=O)[C@]13CCCC[C@H]1C[C@]3(C)O2. The number of ether oxygens (including phenoxy) is 2. The molecule has 3 heteroatoms. The van der Waals surface area contributed by atoms with E-state index in [1.54, 1.807) is 0 Å². The summed E-state index contributed by atoms with van der Waals surface area (Å²) in [6.07, 6.45) is 8.78. The number of hydrogen-bond acceptors (Lipinski definition) is 3. The van der Waals surface area contributed by atoms with Crippen LogP contribution in [0.15, 0.2) is 0 Å². The fourth-order valence-corrected chi connectivity index (χ4v) is 6.51. The van der Waals surface area contributed by atoms with E-state index in [9.17, 15) is 4.79 Å². The van der Waals surface area contributed by atoms with Gasteiger partial charge < -0.3 is 9.47 Å². The molecule has 3 nitrogen and oxygen atoms in total. The lowest BCUT2D eigenvalue weighted by Crippen LogP contribution is -2.76. The molecule has 4 aliphatic rings. The van der Waals surface area contributed by atoms with Gasteiger partial charge in [-0.2, -0.15) is 0 Å². The predicted molar refractivity (Wildman–Crippen MR) is 88.7 cm³/mol. The molecule has 2 spiro atoms. The third kappa shape index (κ3) is 1.95. The molecule has 0 amide bonds. The molecule has 1 saturated heterocycles. The molecule has 0 N–H and O–H groups in total. The Hall–Kier alpha value is -0.570. The van der Waals surface area contributed by atoms with Gasteiger partial charge in [0.15, 0.2) is 0 Å². The molecule has 1 aliphatic heterocycles. The number of esters is 1. The lowest BCUT2D eigenvalue weighted by Gasteiger charge is -2.69. The van der Waals surface area contributed by atoms with Crippen LogP contribution in [0.1, 0.15) is 79.1 Å². The van der Waals surface area contributed by atoms with Crippen molar-refractivity contribution in [3.63, 3.8) is 0 Å². The second-order valence-corrected chi connectivity index (χ2v) is 9.39. The normalized spacial score (nSPS) is 52.6. The first-order chi connectivity index (χ1) is 10.8. The van der Waals surface area contributed by atoms with Crippen molar-refractivity contribution in [2.75, 3.05) is 0 Å². The minimum atomic E-state index is -0.661. The molecule has 3 saturated carbocycles. The Morgan fingerprint density at radius 3 is 2.57 bits per heavy atom. The molecule has 4 rings (SSSR count). The Morgan fingerprint density at radius 1 is 1.13 bits per heavy atom. The van der Waals surface area contributed by atoms with Crippen LogP contribution in [0.4, 0.5) is 0 Å². The Morgan fingerprint density at radius 2 is 1.91 bits per heavy atom. The molecular formula is C20H32O3. The van der Waals surface area contributed by atoms with E-state index in [2.05, 4.69) is 27.7 Å². The topological polar surface area (TPSA) is 35.5 Å². The van der Waals surface area contributed by atoms with Gasteiger partial charge >= 0.3 is 5.97 Å². The Bertz CT molecular complexity index is 515. The number of carbonyl (C=O) groups is 1. The van der Waals surface area contributed by atoms with Crippen LogP contribution < -0.4 is 0 Å². The standard InChI is InChI=1S/C20H32O3/c1-13(2)16-9-8-14(3)11-20(16)22-17(21)19-10-6-5-7-15(19)12-18(19,4)23-20/h13-16H,5-12H2,1-4H3/t14-,15+,16+,18+,19+,20-/m1/s1. The van der Waals surface area contributed by atoms with E-state index >= 15 is 0 Å². The molecule has 0 bridgehead atoms. The van der Waals surface area contributed by atoms with Gasteiger partial charge in [0.2, 0.25) is 5.79 Å². The largest absolute Gasteiger partial charge is 0.432 e. The van der Waals surface area contributed by atoms with Gasteiger partial charge in [-0.3, -0.25) is 4.79 Å². The first-order valence-electron chi connectivity index (χ1n) is 9.77. The maximum atomic E-state index is 13.3. The summed E-state index contributed by atoms with van der Waals surface area (Å²) in [5.41, 5.74) is -0.629. The van der Waals surface area contributed by atoms with E-state index in [0.717, 1.165) is 32.1 Å². The van der Waals surface area contributed by atoms with Gasteiger partial charge in [0.25, 0.3) is 0 Å². The highest BCUT2D eigenvalue weighted by Gasteiger charge is 2.75. The lowest BCUT2D eigenvalue weighted by atomic mass is 9.44. The van der Waals surface area contributed by atoms with Crippen LogP contribution in [0.2, 0.25) is 0 Å². The molecule has 0 aromatic heterocycles. The van der Waals surface area contributed by atoms with Crippen LogP contribution in [-0.2, 0) is 14.3 Å². The number of carbonyl (C=O) groups excluding carboxylic acids is 1. The average Bonchev–Trinajstić information content (AvgIpc) is 2.44. The lowest BCUT2D eigenvalue weighted by molar-refractivity contribution is -0.407. The van der Waals surface area contributed by atoms with Crippen molar-refractivity contribution in [3.8, 4) is 0 Å². The van der Waals surface area contributed by atoms with E-state index in [1.165, 1.54) is 19.3 Å². The third-order valence-electron chi connectivity index (χ3n) is 7.65. The van der Waals surface area contributed by atoms with Crippen molar-refractivity contribution in [1.82, 2.24) is 0 Å². The fraction of sp³-hybridized carbons (Fsp3) is 0.950. The van der Waals surface area contributed by atoms with Crippen LogP contribution in [0.3, 0.4) is 0 Å². The fourth-order valence-electron chi connectivity index (χ4n) is 6.51. The average molecular weight is 320 g/mol. The van der Waals surface area contributed by atoms with E-state index in [1.807, 2.05) is 0 Å². The number of rotatable bonds is 1. The molecular weight excluding hydrogens is 288 g/mol. The maximum Gasteiger partial charge on any atom is 0.317 e. The summed E-state index contributed by atoms with van der Waals surface area (Å²) in [5, 5.41) is 0. The van der Waals surface area contributed by atoms with Crippen molar-refractivity contribution >= 4 is 5.97 Å². The van der Waals surface area contributed by atoms with Crippen molar-refractivity contribution < 1.29 is 14.3 Å². The molecule has 6 atom stereocenters. The molecule has 0 aromatic carbocycles. The van der Waals surface area contributed by atoms with Crippen LogP contribution in [0, 0.1) is 29.1 Å². The smallest absolute Gasteiger partial charge is 0.317 e. The Kier molecular flexibility index (Phi) is 3.44. The first kappa shape index (κ1) is 15.9. The summed E-state index contributed by atoms with van der Waals surface area (Å²) in [6, 6.07) is 0. The molecule has 3 aliphatic carbocycles. The minimum absolute atomic E-state index is 0.0713. The monoisotopic (exact) mass is 320 g/mol. The van der Waals surface area contributed by atoms with E-state index in [0.29, 0.717) is 23.7 Å². The van der Waals surface area contributed by atoms with Crippen LogP contribution in [0.5, 0.6) is 0 Å². The van der Waals surface area contributed by atoms with Crippen molar-refractivity contribution in [2.45, 2.75) is 90.4 Å². The van der Waals surface area contributed by atoms with Gasteiger partial charge in [-0.15, -0.1) is 0 Å². The molecule has 23 heavy (non-hydrogen) atoms. The van der Waals surface area contributed by atoms with Gasteiger partial charge in [-0.05, 0) is 56.8 Å². The first-order valence-corrected chi connectivity index (χ1v) is 9.77. The van der Waals surface area contributed by atoms with Crippen molar-refractivity contribution in [3.05, 3.63) is 0 Å². The summed E-state index contributed by atoms with van der Waals surface area (Å²) in [6.45, 7) is 8.97. The molecule has 0 aromatic rings. The summed E-state index contributed by atoms with van der Waals surface area (Å²) in [5.74, 6) is 1.28. The zero-order valence-corrected chi connectivity index (χ0v) is 15.2. The third-order valence-corrected chi connectivity index (χ3v) is 7.65.